The Balaban J connectivity index is 2.23. The van der Waals surface area contributed by atoms with Crippen LogP contribution in [0.4, 0.5) is 0 Å². The molecule has 2 rings (SSSR count). The van der Waals surface area contributed by atoms with Crippen LogP contribution >= 0.6 is 11.3 Å². The van der Waals surface area contributed by atoms with Crippen LogP contribution in [0.1, 0.15) is 21.3 Å². The zero-order chi connectivity index (χ0) is 17.4. The van der Waals surface area contributed by atoms with E-state index in [2.05, 4.69) is 5.32 Å². The molecule has 0 saturated carbocycles. The van der Waals surface area contributed by atoms with Crippen molar-refractivity contribution >= 4 is 23.2 Å². The molecular weight excluding hydrogens is 330 g/mol. The SMILES string of the molecule is COCCNC(=O)C(OC(=O)c1cccs1)c1ccccc1OC. The Morgan fingerprint density at radius 2 is 1.96 bits per heavy atom. The highest BCUT2D eigenvalue weighted by atomic mass is 32.1. The van der Waals surface area contributed by atoms with Gasteiger partial charge in [0.05, 0.1) is 13.7 Å². The van der Waals surface area contributed by atoms with Crippen LogP contribution in [0.2, 0.25) is 0 Å². The molecule has 1 amide bonds. The molecule has 2 aromatic rings. The van der Waals surface area contributed by atoms with Gasteiger partial charge in [0.2, 0.25) is 6.10 Å². The van der Waals surface area contributed by atoms with E-state index in [4.69, 9.17) is 14.2 Å². The summed E-state index contributed by atoms with van der Waals surface area (Å²) in [5.41, 5.74) is 0.486. The molecule has 1 aromatic heterocycles. The van der Waals surface area contributed by atoms with Gasteiger partial charge in [0.1, 0.15) is 10.6 Å². The Kier molecular flexibility index (Phi) is 6.77. The molecular formula is C17H19NO5S. The number of methoxy groups -OCH3 is 2. The second-order valence-electron chi connectivity index (χ2n) is 4.79. The number of nitrogens with one attached hydrogen (secondary N) is 1. The van der Waals surface area contributed by atoms with Crippen molar-refractivity contribution in [1.29, 1.82) is 0 Å². The van der Waals surface area contributed by atoms with Crippen molar-refractivity contribution in [1.82, 2.24) is 5.32 Å². The van der Waals surface area contributed by atoms with Crippen LogP contribution < -0.4 is 10.1 Å². The minimum Gasteiger partial charge on any atom is -0.496 e. The third-order valence-electron chi connectivity index (χ3n) is 3.21. The first-order chi connectivity index (χ1) is 11.7. The fraction of sp³-hybridized carbons (Fsp3) is 0.294. The summed E-state index contributed by atoms with van der Waals surface area (Å²) in [6.45, 7) is 0.681. The molecule has 0 fully saturated rings. The molecule has 128 valence electrons. The fourth-order valence-electron chi connectivity index (χ4n) is 2.07. The zero-order valence-electron chi connectivity index (χ0n) is 13.5. The number of hydrogen-bond acceptors (Lipinski definition) is 6. The van der Waals surface area contributed by atoms with Gasteiger partial charge in [0.25, 0.3) is 5.91 Å². The van der Waals surface area contributed by atoms with E-state index in [0.29, 0.717) is 29.3 Å². The number of carbonyl (C=O) groups excluding carboxylic acids is 2. The highest BCUT2D eigenvalue weighted by Crippen LogP contribution is 2.29. The van der Waals surface area contributed by atoms with Gasteiger partial charge in [-0.2, -0.15) is 0 Å². The van der Waals surface area contributed by atoms with Crippen molar-refractivity contribution in [3.63, 3.8) is 0 Å². The number of amides is 1. The molecule has 0 spiro atoms. The van der Waals surface area contributed by atoms with E-state index < -0.39 is 18.0 Å². The first-order valence-corrected chi connectivity index (χ1v) is 8.19. The van der Waals surface area contributed by atoms with Gasteiger partial charge in [-0.1, -0.05) is 24.3 Å². The standard InChI is InChI=1S/C17H19NO5S/c1-21-10-9-18-16(19)15(12-6-3-4-7-13(12)22-2)23-17(20)14-8-5-11-24-14/h3-8,11,15H,9-10H2,1-2H3,(H,18,19). The Labute approximate surface area is 144 Å². The van der Waals surface area contributed by atoms with E-state index in [1.165, 1.54) is 18.4 Å². The van der Waals surface area contributed by atoms with Gasteiger partial charge in [0, 0.05) is 19.2 Å². The van der Waals surface area contributed by atoms with Crippen LogP contribution in [0, 0.1) is 0 Å². The van der Waals surface area contributed by atoms with E-state index in [9.17, 15) is 9.59 Å². The van der Waals surface area contributed by atoms with Crippen molar-refractivity contribution in [3.05, 3.63) is 52.2 Å². The molecule has 0 saturated heterocycles. The van der Waals surface area contributed by atoms with Gasteiger partial charge >= 0.3 is 5.97 Å². The Bertz CT molecular complexity index is 671. The van der Waals surface area contributed by atoms with Gasteiger partial charge in [0.15, 0.2) is 0 Å². The van der Waals surface area contributed by atoms with E-state index >= 15 is 0 Å². The normalized spacial score (nSPS) is 11.6. The monoisotopic (exact) mass is 349 g/mol. The molecule has 1 unspecified atom stereocenters. The third kappa shape index (κ3) is 4.56. The minimum absolute atomic E-state index is 0.317. The molecule has 7 heteroatoms. The van der Waals surface area contributed by atoms with E-state index in [0.717, 1.165) is 0 Å². The lowest BCUT2D eigenvalue weighted by Crippen LogP contribution is -2.34. The zero-order valence-corrected chi connectivity index (χ0v) is 14.3. The molecule has 1 N–H and O–H groups in total. The second-order valence-corrected chi connectivity index (χ2v) is 5.74. The number of para-hydroxylation sites is 1. The highest BCUT2D eigenvalue weighted by Gasteiger charge is 2.28. The molecule has 0 aliphatic heterocycles. The van der Waals surface area contributed by atoms with Gasteiger partial charge < -0.3 is 19.5 Å². The summed E-state index contributed by atoms with van der Waals surface area (Å²) in [5.74, 6) is -0.507. The van der Waals surface area contributed by atoms with E-state index in [1.807, 2.05) is 0 Å². The maximum atomic E-state index is 12.5. The number of thiophene rings is 1. The Morgan fingerprint density at radius 1 is 1.17 bits per heavy atom. The molecule has 1 atom stereocenters. The number of hydrogen-bond donors (Lipinski definition) is 1. The van der Waals surface area contributed by atoms with Crippen molar-refractivity contribution in [2.45, 2.75) is 6.10 Å². The van der Waals surface area contributed by atoms with Crippen molar-refractivity contribution < 1.29 is 23.8 Å². The summed E-state index contributed by atoms with van der Waals surface area (Å²) in [4.78, 5) is 25.2. The quantitative estimate of drug-likeness (QED) is 0.585. The third-order valence-corrected chi connectivity index (χ3v) is 4.06. The molecule has 6 nitrogen and oxygen atoms in total. The lowest BCUT2D eigenvalue weighted by atomic mass is 10.1. The predicted molar refractivity (Wildman–Crippen MR) is 90.4 cm³/mol. The van der Waals surface area contributed by atoms with Gasteiger partial charge in [-0.05, 0) is 17.5 Å². The second kappa shape index (κ2) is 9.05. The largest absolute Gasteiger partial charge is 0.496 e. The van der Waals surface area contributed by atoms with Crippen molar-refractivity contribution in [3.8, 4) is 5.75 Å². The molecule has 0 radical (unpaired) electrons. The molecule has 1 heterocycles. The minimum atomic E-state index is -1.10. The molecule has 1 aromatic carbocycles. The topological polar surface area (TPSA) is 73.9 Å². The molecule has 0 aliphatic rings. The van der Waals surface area contributed by atoms with Gasteiger partial charge in [-0.15, -0.1) is 11.3 Å². The Hall–Kier alpha value is -2.38. The average molecular weight is 349 g/mol. The van der Waals surface area contributed by atoms with E-state index in [1.54, 1.807) is 48.9 Å². The van der Waals surface area contributed by atoms with Crippen molar-refractivity contribution in [2.75, 3.05) is 27.4 Å². The van der Waals surface area contributed by atoms with Gasteiger partial charge in [-0.25, -0.2) is 4.79 Å². The summed E-state index contributed by atoms with van der Waals surface area (Å²) >= 11 is 1.25. The van der Waals surface area contributed by atoms with Crippen LogP contribution in [0.25, 0.3) is 0 Å². The highest BCUT2D eigenvalue weighted by molar-refractivity contribution is 7.11. The summed E-state index contributed by atoms with van der Waals surface area (Å²) in [5, 5.41) is 4.46. The van der Waals surface area contributed by atoms with E-state index in [-0.39, 0.29) is 0 Å². The lowest BCUT2D eigenvalue weighted by Gasteiger charge is -2.19. The fourth-order valence-corrected chi connectivity index (χ4v) is 2.68. The van der Waals surface area contributed by atoms with Crippen LogP contribution in [-0.2, 0) is 14.3 Å². The van der Waals surface area contributed by atoms with Crippen LogP contribution in [0.3, 0.4) is 0 Å². The number of carbonyl (C=O) groups is 2. The summed E-state index contributed by atoms with van der Waals surface area (Å²) in [6, 6.07) is 10.3. The number of ether oxygens (including phenoxy) is 3. The average Bonchev–Trinajstić information content (AvgIpc) is 3.14. The smallest absolute Gasteiger partial charge is 0.349 e. The Morgan fingerprint density at radius 3 is 2.62 bits per heavy atom. The van der Waals surface area contributed by atoms with Crippen LogP contribution in [-0.4, -0.2) is 39.2 Å². The number of rotatable bonds is 8. The van der Waals surface area contributed by atoms with Crippen molar-refractivity contribution in [2.24, 2.45) is 0 Å². The number of benzene rings is 1. The number of esters is 1. The maximum Gasteiger partial charge on any atom is 0.349 e. The molecule has 0 aliphatic carbocycles. The first-order valence-electron chi connectivity index (χ1n) is 7.31. The first kappa shape index (κ1) is 18.0. The summed E-state index contributed by atoms with van der Waals surface area (Å²) in [6.07, 6.45) is -1.10. The summed E-state index contributed by atoms with van der Waals surface area (Å²) in [7, 11) is 3.04. The van der Waals surface area contributed by atoms with Gasteiger partial charge in [-0.3, -0.25) is 4.79 Å². The maximum absolute atomic E-state index is 12.5. The molecule has 0 bridgehead atoms. The lowest BCUT2D eigenvalue weighted by molar-refractivity contribution is -0.130. The predicted octanol–water partition coefficient (Wildman–Crippen LogP) is 2.42. The van der Waals surface area contributed by atoms with Crippen LogP contribution in [0.15, 0.2) is 41.8 Å². The summed E-state index contributed by atoms with van der Waals surface area (Å²) < 4.78 is 15.7. The molecule has 24 heavy (non-hydrogen) atoms. The van der Waals surface area contributed by atoms with Crippen LogP contribution in [0.5, 0.6) is 5.75 Å².